The maximum absolute atomic E-state index is 11.1. The normalized spacial score (nSPS) is 24.3. The smallest absolute Gasteiger partial charge is 0.180 e. The number of carbonyl (C=O) groups is 1. The summed E-state index contributed by atoms with van der Waals surface area (Å²) in [7, 11) is 0. The molecule has 12 heavy (non-hydrogen) atoms. The van der Waals surface area contributed by atoms with Crippen LogP contribution < -0.4 is 5.32 Å². The number of nitrogens with zero attached hydrogens (tertiary/aromatic N) is 1. The molecule has 4 heteroatoms. The maximum Gasteiger partial charge on any atom is 0.180 e. The zero-order valence-corrected chi connectivity index (χ0v) is 6.62. The van der Waals surface area contributed by atoms with Crippen LogP contribution in [0.3, 0.4) is 0 Å². The topological polar surface area (TPSA) is 55.1 Å². The second kappa shape index (κ2) is 3.06. The number of nitrogens with one attached hydrogen (secondary N) is 1. The van der Waals surface area contributed by atoms with Gasteiger partial charge in [0, 0.05) is 19.4 Å². The van der Waals surface area contributed by atoms with E-state index >= 15 is 0 Å². The van der Waals surface area contributed by atoms with Crippen LogP contribution in [0.15, 0.2) is 17.0 Å². The molecule has 1 aliphatic rings. The average molecular weight is 166 g/mol. The SMILES string of the molecule is O=C1CCNC(c2cnco2)C1. The van der Waals surface area contributed by atoms with Crippen molar-refractivity contribution >= 4 is 5.78 Å². The monoisotopic (exact) mass is 166 g/mol. The highest BCUT2D eigenvalue weighted by Crippen LogP contribution is 2.19. The lowest BCUT2D eigenvalue weighted by molar-refractivity contribution is -0.120. The summed E-state index contributed by atoms with van der Waals surface area (Å²) in [5, 5.41) is 3.20. The van der Waals surface area contributed by atoms with Crippen molar-refractivity contribution in [2.75, 3.05) is 6.54 Å². The summed E-state index contributed by atoms with van der Waals surface area (Å²) in [5.41, 5.74) is 0. The number of Topliss-reactive ketones (excluding diaryl/α,β-unsaturated/α-hetero) is 1. The maximum atomic E-state index is 11.1. The van der Waals surface area contributed by atoms with Crippen LogP contribution in [0, 0.1) is 0 Å². The Morgan fingerprint density at radius 3 is 3.25 bits per heavy atom. The summed E-state index contributed by atoms with van der Waals surface area (Å²) >= 11 is 0. The highest BCUT2D eigenvalue weighted by Gasteiger charge is 2.22. The molecule has 0 amide bonds. The highest BCUT2D eigenvalue weighted by molar-refractivity contribution is 5.80. The molecule has 1 saturated heterocycles. The average Bonchev–Trinajstić information content (AvgIpc) is 2.56. The minimum atomic E-state index is 0.0359. The Labute approximate surface area is 70.0 Å². The summed E-state index contributed by atoms with van der Waals surface area (Å²) in [6.45, 7) is 0.740. The molecule has 64 valence electrons. The molecule has 1 aromatic rings. The Kier molecular flexibility index (Phi) is 1.91. The van der Waals surface area contributed by atoms with Crippen molar-refractivity contribution in [3.05, 3.63) is 18.4 Å². The van der Waals surface area contributed by atoms with E-state index in [-0.39, 0.29) is 11.8 Å². The summed E-state index contributed by atoms with van der Waals surface area (Å²) < 4.78 is 5.10. The third-order valence-corrected chi connectivity index (χ3v) is 2.02. The van der Waals surface area contributed by atoms with E-state index in [4.69, 9.17) is 4.42 Å². The quantitative estimate of drug-likeness (QED) is 0.666. The number of hydrogen-bond donors (Lipinski definition) is 1. The summed E-state index contributed by atoms with van der Waals surface area (Å²) in [6, 6.07) is 0.0359. The van der Waals surface area contributed by atoms with Crippen LogP contribution in [0.25, 0.3) is 0 Å². The van der Waals surface area contributed by atoms with Gasteiger partial charge >= 0.3 is 0 Å². The zero-order chi connectivity index (χ0) is 8.39. The van der Waals surface area contributed by atoms with Gasteiger partial charge < -0.3 is 9.73 Å². The van der Waals surface area contributed by atoms with Gasteiger partial charge in [-0.15, -0.1) is 0 Å². The molecule has 1 fully saturated rings. The highest BCUT2D eigenvalue weighted by atomic mass is 16.3. The van der Waals surface area contributed by atoms with Gasteiger partial charge in [-0.25, -0.2) is 4.98 Å². The Hall–Kier alpha value is -1.16. The molecule has 0 radical (unpaired) electrons. The first kappa shape index (κ1) is 7.49. The number of ketones is 1. The minimum absolute atomic E-state index is 0.0359. The van der Waals surface area contributed by atoms with Gasteiger partial charge in [0.15, 0.2) is 6.39 Å². The molecule has 1 N–H and O–H groups in total. The third kappa shape index (κ3) is 1.38. The van der Waals surface area contributed by atoms with Crippen LogP contribution >= 0.6 is 0 Å². The van der Waals surface area contributed by atoms with Crippen LogP contribution in [-0.2, 0) is 4.79 Å². The van der Waals surface area contributed by atoms with Gasteiger partial charge in [-0.05, 0) is 0 Å². The van der Waals surface area contributed by atoms with Crippen LogP contribution in [0.2, 0.25) is 0 Å². The lowest BCUT2D eigenvalue weighted by Crippen LogP contribution is -2.31. The molecular formula is C8H10N2O2. The molecule has 2 heterocycles. The Morgan fingerprint density at radius 2 is 2.58 bits per heavy atom. The summed E-state index contributed by atoms with van der Waals surface area (Å²) in [6.07, 6.45) is 4.19. The molecule has 1 unspecified atom stereocenters. The Balaban J connectivity index is 2.09. The molecule has 1 atom stereocenters. The Morgan fingerprint density at radius 1 is 1.67 bits per heavy atom. The summed E-state index contributed by atoms with van der Waals surface area (Å²) in [5.74, 6) is 1.04. The van der Waals surface area contributed by atoms with E-state index in [1.54, 1.807) is 6.20 Å². The van der Waals surface area contributed by atoms with Crippen molar-refractivity contribution < 1.29 is 9.21 Å². The van der Waals surface area contributed by atoms with E-state index in [0.717, 1.165) is 12.3 Å². The lowest BCUT2D eigenvalue weighted by Gasteiger charge is -2.19. The van der Waals surface area contributed by atoms with Gasteiger partial charge in [0.25, 0.3) is 0 Å². The fraction of sp³-hybridized carbons (Fsp3) is 0.500. The second-order valence-electron chi connectivity index (χ2n) is 2.90. The van der Waals surface area contributed by atoms with Crippen LogP contribution in [-0.4, -0.2) is 17.3 Å². The van der Waals surface area contributed by atoms with Crippen LogP contribution in [0.5, 0.6) is 0 Å². The number of carbonyl (C=O) groups excluding carboxylic acids is 1. The first-order chi connectivity index (χ1) is 5.86. The summed E-state index contributed by atoms with van der Waals surface area (Å²) in [4.78, 5) is 14.9. The number of hydrogen-bond acceptors (Lipinski definition) is 4. The van der Waals surface area contributed by atoms with Gasteiger partial charge in [0.2, 0.25) is 0 Å². The molecular weight excluding hydrogens is 156 g/mol. The second-order valence-corrected chi connectivity index (χ2v) is 2.90. The van der Waals surface area contributed by atoms with E-state index < -0.39 is 0 Å². The van der Waals surface area contributed by atoms with E-state index in [0.29, 0.717) is 12.8 Å². The molecule has 0 bridgehead atoms. The van der Waals surface area contributed by atoms with E-state index in [2.05, 4.69) is 10.3 Å². The fourth-order valence-electron chi connectivity index (χ4n) is 1.39. The standard InChI is InChI=1S/C8H10N2O2/c11-6-1-2-10-7(3-6)8-4-9-5-12-8/h4-5,7,10H,1-3H2. The molecule has 0 spiro atoms. The molecule has 2 rings (SSSR count). The van der Waals surface area contributed by atoms with Crippen molar-refractivity contribution in [2.24, 2.45) is 0 Å². The zero-order valence-electron chi connectivity index (χ0n) is 6.62. The van der Waals surface area contributed by atoms with Crippen molar-refractivity contribution in [3.8, 4) is 0 Å². The van der Waals surface area contributed by atoms with Crippen molar-refractivity contribution in [1.29, 1.82) is 0 Å². The number of piperidine rings is 1. The molecule has 0 saturated carbocycles. The van der Waals surface area contributed by atoms with Crippen molar-refractivity contribution in [2.45, 2.75) is 18.9 Å². The van der Waals surface area contributed by atoms with Gasteiger partial charge in [-0.1, -0.05) is 0 Å². The van der Waals surface area contributed by atoms with Gasteiger partial charge in [-0.3, -0.25) is 4.79 Å². The largest absolute Gasteiger partial charge is 0.447 e. The van der Waals surface area contributed by atoms with E-state index in [9.17, 15) is 4.79 Å². The first-order valence-corrected chi connectivity index (χ1v) is 4.00. The van der Waals surface area contributed by atoms with E-state index in [1.807, 2.05) is 0 Å². The van der Waals surface area contributed by atoms with Gasteiger partial charge in [0.05, 0.1) is 12.2 Å². The predicted octanol–water partition coefficient (Wildman–Crippen LogP) is 0.668. The molecule has 1 aliphatic heterocycles. The van der Waals surface area contributed by atoms with Crippen molar-refractivity contribution in [3.63, 3.8) is 0 Å². The number of aromatic nitrogens is 1. The van der Waals surface area contributed by atoms with Crippen molar-refractivity contribution in [1.82, 2.24) is 10.3 Å². The molecule has 1 aromatic heterocycles. The third-order valence-electron chi connectivity index (χ3n) is 2.02. The Bertz CT molecular complexity index is 269. The molecule has 0 aliphatic carbocycles. The van der Waals surface area contributed by atoms with E-state index in [1.165, 1.54) is 6.39 Å². The lowest BCUT2D eigenvalue weighted by atomic mass is 10.0. The number of oxazole rings is 1. The molecule has 0 aromatic carbocycles. The minimum Gasteiger partial charge on any atom is -0.447 e. The van der Waals surface area contributed by atoms with Gasteiger partial charge in [-0.2, -0.15) is 0 Å². The van der Waals surface area contributed by atoms with Crippen LogP contribution in [0.4, 0.5) is 0 Å². The molecule has 4 nitrogen and oxygen atoms in total. The number of rotatable bonds is 1. The predicted molar refractivity (Wildman–Crippen MR) is 41.5 cm³/mol. The van der Waals surface area contributed by atoms with Crippen LogP contribution in [0.1, 0.15) is 24.6 Å². The first-order valence-electron chi connectivity index (χ1n) is 4.00. The fourth-order valence-corrected chi connectivity index (χ4v) is 1.39. The van der Waals surface area contributed by atoms with Gasteiger partial charge in [0.1, 0.15) is 11.5 Å².